The van der Waals surface area contributed by atoms with E-state index in [1.54, 1.807) is 6.20 Å². The lowest BCUT2D eigenvalue weighted by Gasteiger charge is -2.10. The van der Waals surface area contributed by atoms with Crippen LogP contribution in [0.2, 0.25) is 10.0 Å². The maximum atomic E-state index is 9.30. The highest BCUT2D eigenvalue weighted by molar-refractivity contribution is 6.37. The SMILES string of the molecule is Cc1ccc(COc2c(Cl)cc(O)cc2Cl)cn1. The van der Waals surface area contributed by atoms with E-state index in [9.17, 15) is 5.11 Å². The largest absolute Gasteiger partial charge is 0.508 e. The molecule has 0 amide bonds. The van der Waals surface area contributed by atoms with Crippen LogP contribution in [0.3, 0.4) is 0 Å². The molecule has 0 radical (unpaired) electrons. The monoisotopic (exact) mass is 283 g/mol. The van der Waals surface area contributed by atoms with Crippen molar-refractivity contribution in [3.05, 3.63) is 51.8 Å². The third kappa shape index (κ3) is 3.06. The Bertz CT molecular complexity index is 532. The first kappa shape index (κ1) is 13.0. The lowest BCUT2D eigenvalue weighted by molar-refractivity contribution is 0.305. The smallest absolute Gasteiger partial charge is 0.157 e. The number of hydrogen-bond donors (Lipinski definition) is 1. The lowest BCUT2D eigenvalue weighted by atomic mass is 10.2. The van der Waals surface area contributed by atoms with E-state index in [4.69, 9.17) is 27.9 Å². The summed E-state index contributed by atoms with van der Waals surface area (Å²) in [5.41, 5.74) is 1.86. The molecule has 0 saturated heterocycles. The van der Waals surface area contributed by atoms with Gasteiger partial charge >= 0.3 is 0 Å². The van der Waals surface area contributed by atoms with Crippen molar-refractivity contribution in [2.24, 2.45) is 0 Å². The van der Waals surface area contributed by atoms with Gasteiger partial charge in [-0.2, -0.15) is 0 Å². The normalized spacial score (nSPS) is 10.4. The molecule has 1 heterocycles. The highest BCUT2D eigenvalue weighted by Crippen LogP contribution is 2.36. The van der Waals surface area contributed by atoms with Crippen LogP contribution in [0.5, 0.6) is 11.5 Å². The van der Waals surface area contributed by atoms with Crippen molar-refractivity contribution in [1.82, 2.24) is 4.98 Å². The molecular formula is C13H11Cl2NO2. The summed E-state index contributed by atoms with van der Waals surface area (Å²) in [6.07, 6.45) is 1.73. The summed E-state index contributed by atoms with van der Waals surface area (Å²) < 4.78 is 5.53. The van der Waals surface area contributed by atoms with Gasteiger partial charge in [-0.1, -0.05) is 29.3 Å². The van der Waals surface area contributed by atoms with Crippen LogP contribution in [-0.4, -0.2) is 10.1 Å². The highest BCUT2D eigenvalue weighted by Gasteiger charge is 2.09. The fraction of sp³-hybridized carbons (Fsp3) is 0.154. The molecule has 0 atom stereocenters. The molecule has 0 aliphatic rings. The summed E-state index contributed by atoms with van der Waals surface area (Å²) >= 11 is 11.9. The van der Waals surface area contributed by atoms with Crippen LogP contribution in [-0.2, 0) is 6.61 Å². The first-order valence-corrected chi connectivity index (χ1v) is 6.04. The average Bonchev–Trinajstić information content (AvgIpc) is 2.30. The zero-order valence-corrected chi connectivity index (χ0v) is 11.2. The molecule has 0 aliphatic carbocycles. The second-order valence-corrected chi connectivity index (χ2v) is 4.65. The molecule has 0 spiro atoms. The van der Waals surface area contributed by atoms with E-state index in [2.05, 4.69) is 4.98 Å². The van der Waals surface area contributed by atoms with Gasteiger partial charge < -0.3 is 9.84 Å². The third-order valence-corrected chi connectivity index (χ3v) is 2.90. The fourth-order valence-electron chi connectivity index (χ4n) is 1.42. The van der Waals surface area contributed by atoms with Crippen molar-refractivity contribution in [2.45, 2.75) is 13.5 Å². The van der Waals surface area contributed by atoms with Gasteiger partial charge in [-0.25, -0.2) is 0 Å². The van der Waals surface area contributed by atoms with Crippen LogP contribution in [0.15, 0.2) is 30.5 Å². The van der Waals surface area contributed by atoms with Crippen molar-refractivity contribution in [2.75, 3.05) is 0 Å². The van der Waals surface area contributed by atoms with Crippen molar-refractivity contribution < 1.29 is 9.84 Å². The Hall–Kier alpha value is -1.45. The van der Waals surface area contributed by atoms with Gasteiger partial charge in [0.2, 0.25) is 0 Å². The third-order valence-electron chi connectivity index (χ3n) is 2.34. The van der Waals surface area contributed by atoms with Crippen LogP contribution in [0, 0.1) is 6.92 Å². The van der Waals surface area contributed by atoms with E-state index >= 15 is 0 Å². The summed E-state index contributed by atoms with van der Waals surface area (Å²) in [7, 11) is 0. The number of hydrogen-bond acceptors (Lipinski definition) is 3. The molecule has 2 rings (SSSR count). The molecule has 0 unspecified atom stereocenters. The van der Waals surface area contributed by atoms with Gasteiger partial charge in [-0.3, -0.25) is 4.98 Å². The molecule has 1 N–H and O–H groups in total. The first-order valence-electron chi connectivity index (χ1n) is 5.28. The summed E-state index contributed by atoms with van der Waals surface area (Å²) in [4.78, 5) is 4.16. The van der Waals surface area contributed by atoms with E-state index in [-0.39, 0.29) is 15.8 Å². The number of benzene rings is 1. The van der Waals surface area contributed by atoms with Crippen LogP contribution < -0.4 is 4.74 Å². The number of rotatable bonds is 3. The van der Waals surface area contributed by atoms with E-state index in [1.807, 2.05) is 19.1 Å². The van der Waals surface area contributed by atoms with E-state index in [0.717, 1.165) is 11.3 Å². The van der Waals surface area contributed by atoms with Crippen molar-refractivity contribution >= 4 is 23.2 Å². The number of phenolic OH excluding ortho intramolecular Hbond substituents is 1. The lowest BCUT2D eigenvalue weighted by Crippen LogP contribution is -1.97. The quantitative estimate of drug-likeness (QED) is 0.926. The van der Waals surface area contributed by atoms with Crippen LogP contribution in [0.1, 0.15) is 11.3 Å². The van der Waals surface area contributed by atoms with Crippen LogP contribution >= 0.6 is 23.2 Å². The molecule has 0 saturated carbocycles. The van der Waals surface area contributed by atoms with Gasteiger partial charge in [0.15, 0.2) is 5.75 Å². The Morgan fingerprint density at radius 3 is 2.44 bits per heavy atom. The van der Waals surface area contributed by atoms with Crippen LogP contribution in [0.25, 0.3) is 0 Å². The Labute approximate surface area is 115 Å². The highest BCUT2D eigenvalue weighted by atomic mass is 35.5. The molecule has 0 aliphatic heterocycles. The second kappa shape index (κ2) is 5.46. The second-order valence-electron chi connectivity index (χ2n) is 3.84. The summed E-state index contributed by atoms with van der Waals surface area (Å²) in [6, 6.07) is 6.59. The van der Waals surface area contributed by atoms with Gasteiger partial charge in [0.25, 0.3) is 0 Å². The van der Waals surface area contributed by atoms with Gasteiger partial charge in [0.05, 0.1) is 10.0 Å². The number of nitrogens with zero attached hydrogens (tertiary/aromatic N) is 1. The number of ether oxygens (including phenoxy) is 1. The maximum Gasteiger partial charge on any atom is 0.157 e. The Morgan fingerprint density at radius 2 is 1.89 bits per heavy atom. The van der Waals surface area contributed by atoms with Gasteiger partial charge in [-0.15, -0.1) is 0 Å². The van der Waals surface area contributed by atoms with Gasteiger partial charge in [0, 0.05) is 29.6 Å². The molecule has 3 nitrogen and oxygen atoms in total. The molecule has 2 aromatic rings. The average molecular weight is 284 g/mol. The van der Waals surface area contributed by atoms with Crippen molar-refractivity contribution in [1.29, 1.82) is 0 Å². The first-order chi connectivity index (χ1) is 8.56. The zero-order chi connectivity index (χ0) is 13.1. The molecule has 1 aromatic carbocycles. The summed E-state index contributed by atoms with van der Waals surface area (Å²) in [5.74, 6) is 0.367. The predicted octanol–water partition coefficient (Wildman–Crippen LogP) is 3.98. The van der Waals surface area contributed by atoms with E-state index in [1.165, 1.54) is 12.1 Å². The number of aryl methyl sites for hydroxylation is 1. The molecular weight excluding hydrogens is 273 g/mol. The standard InChI is InChI=1S/C13H11Cl2NO2/c1-8-2-3-9(6-16-8)7-18-13-11(14)4-10(17)5-12(13)15/h2-6,17H,7H2,1H3. The molecule has 5 heteroatoms. The fourth-order valence-corrected chi connectivity index (χ4v) is 2.01. The van der Waals surface area contributed by atoms with Gasteiger partial charge in [0.1, 0.15) is 12.4 Å². The van der Waals surface area contributed by atoms with Gasteiger partial charge in [-0.05, 0) is 13.0 Å². The maximum absolute atomic E-state index is 9.30. The number of pyridine rings is 1. The topological polar surface area (TPSA) is 42.4 Å². The van der Waals surface area contributed by atoms with E-state index in [0.29, 0.717) is 12.4 Å². The number of aromatic nitrogens is 1. The predicted molar refractivity (Wildman–Crippen MR) is 71.4 cm³/mol. The zero-order valence-electron chi connectivity index (χ0n) is 9.65. The Morgan fingerprint density at radius 1 is 1.22 bits per heavy atom. The Balaban J connectivity index is 2.13. The number of halogens is 2. The minimum absolute atomic E-state index is 0.00866. The van der Waals surface area contributed by atoms with Crippen molar-refractivity contribution in [3.8, 4) is 11.5 Å². The minimum Gasteiger partial charge on any atom is -0.508 e. The van der Waals surface area contributed by atoms with E-state index < -0.39 is 0 Å². The molecule has 1 aromatic heterocycles. The number of aromatic hydroxyl groups is 1. The molecule has 0 bridgehead atoms. The van der Waals surface area contributed by atoms with Crippen LogP contribution in [0.4, 0.5) is 0 Å². The Kier molecular flexibility index (Phi) is 3.94. The molecule has 0 fully saturated rings. The summed E-state index contributed by atoms with van der Waals surface area (Å²) in [5, 5.41) is 9.86. The minimum atomic E-state index is 0.00866. The number of phenols is 1. The van der Waals surface area contributed by atoms with Crippen molar-refractivity contribution in [3.63, 3.8) is 0 Å². The molecule has 18 heavy (non-hydrogen) atoms. The molecule has 94 valence electrons. The summed E-state index contributed by atoms with van der Waals surface area (Å²) in [6.45, 7) is 2.23.